The van der Waals surface area contributed by atoms with Crippen molar-refractivity contribution >= 4 is 39.1 Å². The molecule has 40 heavy (non-hydrogen) atoms. The van der Waals surface area contributed by atoms with E-state index in [2.05, 4.69) is 5.32 Å². The maximum atomic E-state index is 14.6. The van der Waals surface area contributed by atoms with Gasteiger partial charge in [0.05, 0.1) is 10.6 Å². The van der Waals surface area contributed by atoms with Crippen LogP contribution in [0.2, 0.25) is 5.02 Å². The summed E-state index contributed by atoms with van der Waals surface area (Å²) in [4.78, 5) is 28.2. The minimum absolute atomic E-state index is 0.00588. The van der Waals surface area contributed by atoms with Crippen LogP contribution < -0.4 is 9.62 Å². The highest BCUT2D eigenvalue weighted by Crippen LogP contribution is 2.31. The van der Waals surface area contributed by atoms with Crippen LogP contribution in [0.25, 0.3) is 0 Å². The lowest BCUT2D eigenvalue weighted by Gasteiger charge is -2.32. The lowest BCUT2D eigenvalue weighted by molar-refractivity contribution is -0.139. The van der Waals surface area contributed by atoms with Crippen molar-refractivity contribution in [3.8, 4) is 0 Å². The van der Waals surface area contributed by atoms with Gasteiger partial charge in [0.15, 0.2) is 0 Å². The fraction of sp³-hybridized carbons (Fsp3) is 0.333. The molecule has 3 aromatic rings. The Labute approximate surface area is 241 Å². The number of anilines is 1. The van der Waals surface area contributed by atoms with Crippen LogP contribution in [-0.4, -0.2) is 44.3 Å². The van der Waals surface area contributed by atoms with Gasteiger partial charge in [-0.3, -0.25) is 13.9 Å². The van der Waals surface area contributed by atoms with Crippen LogP contribution >= 0.6 is 11.6 Å². The monoisotopic (exact) mass is 587 g/mol. The zero-order chi connectivity index (χ0) is 29.6. The van der Waals surface area contributed by atoms with E-state index in [1.54, 1.807) is 43.3 Å². The third-order valence-electron chi connectivity index (χ3n) is 6.55. The number of nitrogens with one attached hydrogen (secondary N) is 1. The average molecular weight is 588 g/mol. The predicted octanol–water partition coefficient (Wildman–Crippen LogP) is 5.48. The molecule has 10 heteroatoms. The summed E-state index contributed by atoms with van der Waals surface area (Å²) < 4.78 is 43.5. The van der Waals surface area contributed by atoms with Gasteiger partial charge < -0.3 is 10.2 Å². The molecule has 0 fully saturated rings. The van der Waals surface area contributed by atoms with Crippen molar-refractivity contribution < 1.29 is 22.4 Å². The molecule has 0 aliphatic rings. The highest BCUT2D eigenvalue weighted by Gasteiger charge is 2.33. The maximum absolute atomic E-state index is 14.6. The standard InChI is InChI=1S/C30H35ClFN3O4S/c1-20(2)17-33-30(37)23(5)34(18-24-9-6-7-11-27(24)32)29(36)19-35(28-12-8-10-26(31)22(28)4)40(38,39)25-15-13-21(3)14-16-25/h6-16,20,23H,17-19H2,1-5H3,(H,33,37)/t23-/m1/s1. The number of aryl methyl sites for hydroxylation is 1. The first-order chi connectivity index (χ1) is 18.8. The van der Waals surface area contributed by atoms with Crippen molar-refractivity contribution in [3.05, 3.63) is 94.3 Å². The lowest BCUT2D eigenvalue weighted by atomic mass is 10.1. The first kappa shape index (κ1) is 31.1. The molecule has 0 aromatic heterocycles. The van der Waals surface area contributed by atoms with Crippen LogP contribution in [0.15, 0.2) is 71.6 Å². The van der Waals surface area contributed by atoms with E-state index in [4.69, 9.17) is 11.6 Å². The summed E-state index contributed by atoms with van der Waals surface area (Å²) >= 11 is 6.34. The topological polar surface area (TPSA) is 86.8 Å². The third kappa shape index (κ3) is 7.40. The molecule has 0 aliphatic carbocycles. The van der Waals surface area contributed by atoms with Crippen molar-refractivity contribution in [2.45, 2.75) is 52.1 Å². The van der Waals surface area contributed by atoms with Gasteiger partial charge in [0.2, 0.25) is 11.8 Å². The number of amides is 2. The summed E-state index contributed by atoms with van der Waals surface area (Å²) in [5, 5.41) is 3.14. The molecular weight excluding hydrogens is 553 g/mol. The number of halogens is 2. The van der Waals surface area contributed by atoms with E-state index in [-0.39, 0.29) is 28.6 Å². The Morgan fingerprint density at radius 1 is 0.950 bits per heavy atom. The van der Waals surface area contributed by atoms with Gasteiger partial charge in [-0.05, 0) is 62.6 Å². The summed E-state index contributed by atoms with van der Waals surface area (Å²) in [7, 11) is -4.23. The first-order valence-electron chi connectivity index (χ1n) is 13.0. The highest BCUT2D eigenvalue weighted by atomic mass is 35.5. The van der Waals surface area contributed by atoms with Gasteiger partial charge in [0.25, 0.3) is 10.0 Å². The molecule has 0 spiro atoms. The van der Waals surface area contributed by atoms with E-state index in [0.29, 0.717) is 17.1 Å². The molecule has 0 saturated heterocycles. The molecular formula is C30H35ClFN3O4S. The van der Waals surface area contributed by atoms with E-state index in [1.165, 1.54) is 42.2 Å². The van der Waals surface area contributed by atoms with Crippen molar-refractivity contribution in [1.82, 2.24) is 10.2 Å². The molecule has 0 radical (unpaired) electrons. The summed E-state index contributed by atoms with van der Waals surface area (Å²) in [6.07, 6.45) is 0. The first-order valence-corrected chi connectivity index (χ1v) is 14.8. The Balaban J connectivity index is 2.07. The van der Waals surface area contributed by atoms with Crippen LogP contribution in [0.5, 0.6) is 0 Å². The zero-order valence-corrected chi connectivity index (χ0v) is 24.9. The summed E-state index contributed by atoms with van der Waals surface area (Å²) in [6.45, 7) is 8.45. The molecule has 1 N–H and O–H groups in total. The minimum Gasteiger partial charge on any atom is -0.354 e. The molecule has 0 heterocycles. The van der Waals surface area contributed by atoms with Crippen LogP contribution in [-0.2, 0) is 26.2 Å². The molecule has 2 amide bonds. The van der Waals surface area contributed by atoms with E-state index in [1.807, 2.05) is 20.8 Å². The van der Waals surface area contributed by atoms with Crippen LogP contribution in [0.3, 0.4) is 0 Å². The van der Waals surface area contributed by atoms with Crippen molar-refractivity contribution in [3.63, 3.8) is 0 Å². The molecule has 0 saturated carbocycles. The van der Waals surface area contributed by atoms with E-state index >= 15 is 0 Å². The Kier molecular flexibility index (Phi) is 10.3. The normalized spacial score (nSPS) is 12.2. The molecule has 214 valence electrons. The van der Waals surface area contributed by atoms with Gasteiger partial charge in [0, 0.05) is 23.7 Å². The van der Waals surface area contributed by atoms with Gasteiger partial charge in [-0.15, -0.1) is 0 Å². The molecule has 3 rings (SSSR count). The second-order valence-corrected chi connectivity index (χ2v) is 12.4. The van der Waals surface area contributed by atoms with Gasteiger partial charge in [-0.25, -0.2) is 12.8 Å². The van der Waals surface area contributed by atoms with Gasteiger partial charge in [-0.1, -0.05) is 67.4 Å². The molecule has 7 nitrogen and oxygen atoms in total. The molecule has 0 unspecified atom stereocenters. The van der Waals surface area contributed by atoms with Gasteiger partial charge >= 0.3 is 0 Å². The number of carbonyl (C=O) groups excluding carboxylic acids is 2. The Morgan fingerprint density at radius 3 is 2.23 bits per heavy atom. The largest absolute Gasteiger partial charge is 0.354 e. The smallest absolute Gasteiger partial charge is 0.264 e. The van der Waals surface area contributed by atoms with Crippen molar-refractivity contribution in [1.29, 1.82) is 0 Å². The SMILES string of the molecule is Cc1ccc(S(=O)(=O)N(CC(=O)N(Cc2ccccc2F)[C@H](C)C(=O)NCC(C)C)c2cccc(Cl)c2C)cc1. The number of carbonyl (C=O) groups is 2. The Hall–Kier alpha value is -3.43. The van der Waals surface area contributed by atoms with E-state index < -0.39 is 40.2 Å². The Bertz CT molecular complexity index is 1460. The number of rotatable bonds is 11. The van der Waals surface area contributed by atoms with Crippen molar-refractivity contribution in [2.75, 3.05) is 17.4 Å². The summed E-state index contributed by atoms with van der Waals surface area (Å²) in [5.74, 6) is -1.46. The molecule has 1 atom stereocenters. The molecule has 0 aliphatic heterocycles. The predicted molar refractivity (Wildman–Crippen MR) is 156 cm³/mol. The minimum atomic E-state index is -4.23. The fourth-order valence-corrected chi connectivity index (χ4v) is 5.70. The molecule has 0 bridgehead atoms. The third-order valence-corrected chi connectivity index (χ3v) is 8.73. The number of sulfonamides is 1. The van der Waals surface area contributed by atoms with Crippen LogP contribution in [0.4, 0.5) is 10.1 Å². The number of hydrogen-bond donors (Lipinski definition) is 1. The fourth-order valence-electron chi connectivity index (χ4n) is 4.06. The number of nitrogens with zero attached hydrogens (tertiary/aromatic N) is 2. The van der Waals surface area contributed by atoms with E-state index in [0.717, 1.165) is 9.87 Å². The Morgan fingerprint density at radius 2 is 1.60 bits per heavy atom. The quantitative estimate of drug-likeness (QED) is 0.322. The lowest BCUT2D eigenvalue weighted by Crippen LogP contribution is -2.51. The maximum Gasteiger partial charge on any atom is 0.264 e. The van der Waals surface area contributed by atoms with Gasteiger partial charge in [0.1, 0.15) is 18.4 Å². The van der Waals surface area contributed by atoms with Crippen molar-refractivity contribution in [2.24, 2.45) is 5.92 Å². The van der Waals surface area contributed by atoms with Gasteiger partial charge in [-0.2, -0.15) is 0 Å². The zero-order valence-electron chi connectivity index (χ0n) is 23.3. The van der Waals surface area contributed by atoms with Crippen LogP contribution in [0, 0.1) is 25.6 Å². The second-order valence-electron chi connectivity index (χ2n) is 10.1. The average Bonchev–Trinajstić information content (AvgIpc) is 2.91. The second kappa shape index (κ2) is 13.3. The highest BCUT2D eigenvalue weighted by molar-refractivity contribution is 7.92. The number of hydrogen-bond acceptors (Lipinski definition) is 4. The van der Waals surface area contributed by atoms with E-state index in [9.17, 15) is 22.4 Å². The molecule has 3 aromatic carbocycles. The number of benzene rings is 3. The summed E-state index contributed by atoms with van der Waals surface area (Å²) in [5.41, 5.74) is 1.77. The summed E-state index contributed by atoms with van der Waals surface area (Å²) in [6, 6.07) is 16.0. The van der Waals surface area contributed by atoms with Crippen LogP contribution in [0.1, 0.15) is 37.5 Å².